The van der Waals surface area contributed by atoms with Crippen molar-refractivity contribution in [3.63, 3.8) is 0 Å². The maximum Gasteiger partial charge on any atom is 0.326 e. The molecule has 0 spiro atoms. The number of nitrogens with zero attached hydrogens (tertiary/aromatic N) is 2. The van der Waals surface area contributed by atoms with Gasteiger partial charge in [-0.05, 0) is 43.2 Å². The van der Waals surface area contributed by atoms with E-state index < -0.39 is 27.8 Å². The zero-order valence-corrected chi connectivity index (χ0v) is 15.0. The Kier molecular flexibility index (Phi) is 4.26. The molecule has 142 valence electrons. The van der Waals surface area contributed by atoms with E-state index >= 15 is 0 Å². The highest BCUT2D eigenvalue weighted by atomic mass is 32.2. The molecule has 1 aliphatic carbocycles. The smallest absolute Gasteiger partial charge is 0.326 e. The van der Waals surface area contributed by atoms with Crippen LogP contribution in [0, 0.1) is 11.6 Å². The third-order valence-corrected chi connectivity index (χ3v) is 6.50. The molecule has 0 unspecified atom stereocenters. The van der Waals surface area contributed by atoms with Gasteiger partial charge in [0.2, 0.25) is 0 Å². The molecule has 1 heterocycles. The fourth-order valence-corrected chi connectivity index (χ4v) is 5.08. The van der Waals surface area contributed by atoms with Gasteiger partial charge in [-0.25, -0.2) is 17.4 Å². The predicted octanol–water partition coefficient (Wildman–Crippen LogP) is 2.43. The second kappa shape index (κ2) is 6.49. The maximum atomic E-state index is 13.3. The summed E-state index contributed by atoms with van der Waals surface area (Å²) in [5.41, 5.74) is 1.19. The van der Waals surface area contributed by atoms with Gasteiger partial charge in [-0.2, -0.15) is 8.42 Å². The van der Waals surface area contributed by atoms with Crippen LogP contribution in [0.4, 0.5) is 20.2 Å². The molecular weight excluding hydrogens is 376 g/mol. The minimum absolute atomic E-state index is 0.0158. The van der Waals surface area contributed by atoms with E-state index in [0.717, 1.165) is 25.0 Å². The molecule has 1 fully saturated rings. The number of para-hydroxylation sites is 2. The molecule has 1 aliphatic heterocycles. The Balaban J connectivity index is 1.48. The number of anilines is 2. The molecule has 4 rings (SSSR count). The van der Waals surface area contributed by atoms with E-state index in [1.807, 2.05) is 0 Å². The number of nitrogens with one attached hydrogen (secondary N) is 1. The Morgan fingerprint density at radius 2 is 1.78 bits per heavy atom. The summed E-state index contributed by atoms with van der Waals surface area (Å²) in [6.07, 6.45) is 1.66. The van der Waals surface area contributed by atoms with Crippen LogP contribution in [0.15, 0.2) is 42.5 Å². The molecule has 0 radical (unpaired) electrons. The second-order valence-corrected chi connectivity index (χ2v) is 8.21. The van der Waals surface area contributed by atoms with Crippen molar-refractivity contribution >= 4 is 27.5 Å². The van der Waals surface area contributed by atoms with Crippen LogP contribution in [0.1, 0.15) is 23.2 Å². The highest BCUT2D eigenvalue weighted by Gasteiger charge is 2.47. The van der Waals surface area contributed by atoms with Crippen LogP contribution < -0.4 is 13.9 Å². The van der Waals surface area contributed by atoms with Crippen molar-refractivity contribution in [2.24, 2.45) is 0 Å². The summed E-state index contributed by atoms with van der Waals surface area (Å²) in [6.45, 7) is 0.0713. The molecule has 2 aromatic rings. The number of hydrogen-bond donors (Lipinski definition) is 1. The molecule has 2 aromatic carbocycles. The fourth-order valence-electron chi connectivity index (χ4n) is 3.16. The first-order valence-electron chi connectivity index (χ1n) is 8.54. The lowest BCUT2D eigenvalue weighted by atomic mass is 10.2. The summed E-state index contributed by atoms with van der Waals surface area (Å²) < 4.78 is 54.7. The minimum Gasteiger partial charge on any atom is -0.350 e. The molecule has 0 atom stereocenters. The fraction of sp³-hybridized carbons (Fsp3) is 0.278. The van der Waals surface area contributed by atoms with Crippen molar-refractivity contribution in [1.82, 2.24) is 5.32 Å². The van der Waals surface area contributed by atoms with Crippen LogP contribution in [-0.4, -0.2) is 33.5 Å². The summed E-state index contributed by atoms with van der Waals surface area (Å²) >= 11 is 0. The van der Waals surface area contributed by atoms with Crippen molar-refractivity contribution in [3.8, 4) is 0 Å². The second-order valence-electron chi connectivity index (χ2n) is 6.48. The largest absolute Gasteiger partial charge is 0.350 e. The van der Waals surface area contributed by atoms with Crippen LogP contribution in [0.25, 0.3) is 0 Å². The van der Waals surface area contributed by atoms with Gasteiger partial charge in [0.1, 0.15) is 0 Å². The van der Waals surface area contributed by atoms with Crippen LogP contribution in [0.3, 0.4) is 0 Å². The van der Waals surface area contributed by atoms with E-state index in [9.17, 15) is 22.0 Å². The van der Waals surface area contributed by atoms with Gasteiger partial charge in [0.05, 0.1) is 17.9 Å². The standard InChI is InChI=1S/C18H17F2N3O3S/c19-14-8-5-12(11-15(14)20)18(24)21-9-10-22-16-3-1-2-4-17(16)23(13-6-7-13)27(22,25)26/h1-5,8,11,13H,6-7,9-10H2,(H,21,24). The van der Waals surface area contributed by atoms with E-state index in [1.54, 1.807) is 24.3 Å². The van der Waals surface area contributed by atoms with Gasteiger partial charge in [0.15, 0.2) is 11.6 Å². The average Bonchev–Trinajstić information content (AvgIpc) is 3.43. The third kappa shape index (κ3) is 3.12. The molecule has 6 nitrogen and oxygen atoms in total. The van der Waals surface area contributed by atoms with E-state index in [4.69, 9.17) is 0 Å². The first kappa shape index (κ1) is 17.7. The average molecular weight is 393 g/mol. The highest BCUT2D eigenvalue weighted by molar-refractivity contribution is 7.94. The monoisotopic (exact) mass is 393 g/mol. The zero-order valence-electron chi connectivity index (χ0n) is 14.2. The van der Waals surface area contributed by atoms with E-state index in [2.05, 4.69) is 5.32 Å². The molecule has 1 saturated carbocycles. The zero-order chi connectivity index (χ0) is 19.2. The van der Waals surface area contributed by atoms with Crippen LogP contribution >= 0.6 is 0 Å². The third-order valence-electron chi connectivity index (χ3n) is 4.58. The Labute approximate surface area is 155 Å². The molecule has 2 aliphatic rings. The first-order valence-corrected chi connectivity index (χ1v) is 9.93. The molecule has 0 aromatic heterocycles. The van der Waals surface area contributed by atoms with Crippen molar-refractivity contribution in [2.45, 2.75) is 18.9 Å². The number of hydrogen-bond acceptors (Lipinski definition) is 3. The Morgan fingerprint density at radius 1 is 1.07 bits per heavy atom. The molecule has 27 heavy (non-hydrogen) atoms. The summed E-state index contributed by atoms with van der Waals surface area (Å²) in [5, 5.41) is 2.55. The molecule has 0 saturated heterocycles. The van der Waals surface area contributed by atoms with Crippen molar-refractivity contribution in [3.05, 3.63) is 59.7 Å². The Bertz CT molecular complexity index is 1010. The van der Waals surface area contributed by atoms with E-state index in [-0.39, 0.29) is 24.7 Å². The first-order chi connectivity index (χ1) is 12.9. The lowest BCUT2D eigenvalue weighted by Crippen LogP contribution is -2.42. The topological polar surface area (TPSA) is 69.7 Å². The number of carbonyl (C=O) groups excluding carboxylic acids is 1. The molecule has 0 bridgehead atoms. The van der Waals surface area contributed by atoms with Crippen molar-refractivity contribution < 1.29 is 22.0 Å². The Hall–Kier alpha value is -2.68. The van der Waals surface area contributed by atoms with Gasteiger partial charge in [-0.3, -0.25) is 4.79 Å². The number of benzene rings is 2. The summed E-state index contributed by atoms with van der Waals surface area (Å²) in [4.78, 5) is 12.1. The van der Waals surface area contributed by atoms with Gasteiger partial charge in [-0.1, -0.05) is 12.1 Å². The van der Waals surface area contributed by atoms with E-state index in [0.29, 0.717) is 11.4 Å². The molecule has 1 amide bonds. The summed E-state index contributed by atoms with van der Waals surface area (Å²) in [5.74, 6) is -2.75. The van der Waals surface area contributed by atoms with Crippen molar-refractivity contribution in [1.29, 1.82) is 0 Å². The normalized spacial score (nSPS) is 17.7. The SMILES string of the molecule is O=C(NCCN1c2ccccc2N(C2CC2)S1(=O)=O)c1ccc(F)c(F)c1. The molecule has 9 heteroatoms. The van der Waals surface area contributed by atoms with Crippen LogP contribution in [0.2, 0.25) is 0 Å². The summed E-state index contributed by atoms with van der Waals surface area (Å²) in [6, 6.07) is 9.89. The lowest BCUT2D eigenvalue weighted by Gasteiger charge is -2.21. The van der Waals surface area contributed by atoms with Gasteiger partial charge in [-0.15, -0.1) is 0 Å². The number of rotatable bonds is 5. The number of halogens is 2. The van der Waals surface area contributed by atoms with Crippen molar-refractivity contribution in [2.75, 3.05) is 21.7 Å². The van der Waals surface area contributed by atoms with Gasteiger partial charge in [0, 0.05) is 18.2 Å². The molecular formula is C18H17F2N3O3S. The highest BCUT2D eigenvalue weighted by Crippen LogP contribution is 2.46. The van der Waals surface area contributed by atoms with Gasteiger partial charge >= 0.3 is 10.2 Å². The lowest BCUT2D eigenvalue weighted by molar-refractivity contribution is 0.0954. The minimum atomic E-state index is -3.69. The van der Waals surface area contributed by atoms with Crippen LogP contribution in [-0.2, 0) is 10.2 Å². The van der Waals surface area contributed by atoms with Gasteiger partial charge < -0.3 is 5.32 Å². The Morgan fingerprint density at radius 3 is 2.44 bits per heavy atom. The number of carbonyl (C=O) groups is 1. The number of fused-ring (bicyclic) bond motifs is 1. The molecule has 1 N–H and O–H groups in total. The quantitative estimate of drug-likeness (QED) is 0.848. The van der Waals surface area contributed by atoms with Gasteiger partial charge in [0.25, 0.3) is 5.91 Å². The van der Waals surface area contributed by atoms with E-state index in [1.165, 1.54) is 14.7 Å². The predicted molar refractivity (Wildman–Crippen MR) is 96.9 cm³/mol. The summed E-state index contributed by atoms with van der Waals surface area (Å²) in [7, 11) is -3.69. The number of amides is 1. The van der Waals surface area contributed by atoms with Crippen LogP contribution in [0.5, 0.6) is 0 Å². The maximum absolute atomic E-state index is 13.3.